The normalized spacial score (nSPS) is 13.8. The molecular formula is C10H18N4O8. The first-order chi connectivity index (χ1) is 10.1. The van der Waals surface area contributed by atoms with Gasteiger partial charge in [0.15, 0.2) is 12.3 Å². The van der Waals surface area contributed by atoms with Crippen LogP contribution in [0.2, 0.25) is 0 Å². The van der Waals surface area contributed by atoms with E-state index in [-0.39, 0.29) is 13.1 Å². The minimum Gasteiger partial charge on any atom is -0.480 e. The van der Waals surface area contributed by atoms with Gasteiger partial charge in [0.2, 0.25) is 0 Å². The lowest BCUT2D eigenvalue weighted by Crippen LogP contribution is -2.55. The molecule has 0 aromatic rings. The Morgan fingerprint density at radius 2 is 1.00 bits per heavy atom. The van der Waals surface area contributed by atoms with Gasteiger partial charge in [0.25, 0.3) is 0 Å². The third-order valence-electron chi connectivity index (χ3n) is 2.64. The number of aliphatic carboxylic acids is 4. The summed E-state index contributed by atoms with van der Waals surface area (Å²) < 4.78 is 0. The van der Waals surface area contributed by atoms with Gasteiger partial charge < -0.3 is 31.9 Å². The second-order valence-electron chi connectivity index (χ2n) is 4.29. The van der Waals surface area contributed by atoms with Crippen LogP contribution in [0.1, 0.15) is 0 Å². The first-order valence-electron chi connectivity index (χ1n) is 5.94. The first-order valence-corrected chi connectivity index (χ1v) is 5.94. The molecule has 0 heterocycles. The quantitative estimate of drug-likeness (QED) is 0.205. The summed E-state index contributed by atoms with van der Waals surface area (Å²) >= 11 is 0. The molecule has 0 aromatic heterocycles. The van der Waals surface area contributed by atoms with Crippen molar-refractivity contribution in [3.8, 4) is 0 Å². The zero-order chi connectivity index (χ0) is 17.4. The molecule has 0 aliphatic carbocycles. The van der Waals surface area contributed by atoms with E-state index in [9.17, 15) is 19.2 Å². The monoisotopic (exact) mass is 322 g/mol. The Labute approximate surface area is 124 Å². The number of hydrogen-bond acceptors (Lipinski definition) is 8. The number of hydrogen-bond donors (Lipinski definition) is 6. The van der Waals surface area contributed by atoms with E-state index in [1.807, 2.05) is 0 Å². The van der Waals surface area contributed by atoms with Crippen molar-refractivity contribution in [2.45, 2.75) is 12.3 Å². The Morgan fingerprint density at radius 1 is 0.727 bits per heavy atom. The summed E-state index contributed by atoms with van der Waals surface area (Å²) in [5, 5.41) is 35.0. The minimum absolute atomic E-state index is 0.298. The molecule has 0 saturated carbocycles. The molecule has 0 aromatic carbocycles. The predicted octanol–water partition coefficient (Wildman–Crippen LogP) is -3.50. The second-order valence-corrected chi connectivity index (χ2v) is 4.29. The standard InChI is InChI=1S/C10H18N4O8/c11-7(9(19)20)13(3-5(15)16)1-2-14(4-6(17)18)8(12)10(21)22/h7-8H,1-4,11-12H2,(H,15,16)(H,17,18)(H,19,20)(H,21,22). The SMILES string of the molecule is NC(C(=O)O)N(CCN(CC(=O)O)C(N)C(=O)O)CC(=O)O. The Kier molecular flexibility index (Phi) is 7.96. The van der Waals surface area contributed by atoms with E-state index in [4.69, 9.17) is 31.9 Å². The number of nitrogens with two attached hydrogens (primary N) is 2. The lowest BCUT2D eigenvalue weighted by molar-refractivity contribution is -0.150. The van der Waals surface area contributed by atoms with E-state index >= 15 is 0 Å². The van der Waals surface area contributed by atoms with Gasteiger partial charge >= 0.3 is 23.9 Å². The number of carboxylic acids is 4. The Morgan fingerprint density at radius 3 is 1.18 bits per heavy atom. The van der Waals surface area contributed by atoms with Gasteiger partial charge in [-0.3, -0.25) is 19.4 Å². The minimum atomic E-state index is -1.64. The van der Waals surface area contributed by atoms with Crippen LogP contribution in [-0.2, 0) is 19.2 Å². The fourth-order valence-electron chi connectivity index (χ4n) is 1.55. The van der Waals surface area contributed by atoms with Crippen molar-refractivity contribution in [2.75, 3.05) is 26.2 Å². The maximum absolute atomic E-state index is 10.8. The highest BCUT2D eigenvalue weighted by atomic mass is 16.4. The molecule has 2 atom stereocenters. The molecule has 12 heteroatoms. The summed E-state index contributed by atoms with van der Waals surface area (Å²) in [6, 6.07) is 0. The molecule has 0 fully saturated rings. The Balaban J connectivity index is 4.93. The van der Waals surface area contributed by atoms with Crippen LogP contribution in [0, 0.1) is 0 Å². The lowest BCUT2D eigenvalue weighted by Gasteiger charge is -2.29. The van der Waals surface area contributed by atoms with E-state index in [1.54, 1.807) is 0 Å². The number of carboxylic acid groups (broad SMARTS) is 4. The van der Waals surface area contributed by atoms with Crippen LogP contribution >= 0.6 is 0 Å². The number of rotatable bonds is 11. The summed E-state index contributed by atoms with van der Waals surface area (Å²) in [6.45, 7) is -2.02. The van der Waals surface area contributed by atoms with Gasteiger partial charge in [-0.1, -0.05) is 0 Å². The molecule has 126 valence electrons. The van der Waals surface area contributed by atoms with Crippen molar-refractivity contribution in [3.05, 3.63) is 0 Å². The van der Waals surface area contributed by atoms with Crippen molar-refractivity contribution >= 4 is 23.9 Å². The van der Waals surface area contributed by atoms with Gasteiger partial charge in [-0.15, -0.1) is 0 Å². The summed E-state index contributed by atoms with van der Waals surface area (Å²) in [7, 11) is 0. The summed E-state index contributed by atoms with van der Waals surface area (Å²) in [4.78, 5) is 44.7. The molecule has 12 nitrogen and oxygen atoms in total. The third-order valence-corrected chi connectivity index (χ3v) is 2.64. The summed E-state index contributed by atoms with van der Waals surface area (Å²) in [5.41, 5.74) is 10.6. The van der Waals surface area contributed by atoms with Gasteiger partial charge in [-0.25, -0.2) is 9.59 Å². The van der Waals surface area contributed by atoms with Crippen molar-refractivity contribution in [1.82, 2.24) is 9.80 Å². The first kappa shape index (κ1) is 19.7. The van der Waals surface area contributed by atoms with Crippen LogP contribution in [0.3, 0.4) is 0 Å². The Hall–Kier alpha value is -2.28. The fraction of sp³-hybridized carbons (Fsp3) is 0.600. The van der Waals surface area contributed by atoms with Gasteiger partial charge in [-0.05, 0) is 0 Å². The van der Waals surface area contributed by atoms with E-state index < -0.39 is 49.3 Å². The molecule has 0 rings (SSSR count). The molecule has 0 radical (unpaired) electrons. The van der Waals surface area contributed by atoms with Gasteiger partial charge in [0.1, 0.15) is 0 Å². The summed E-state index contributed by atoms with van der Waals surface area (Å²) in [5.74, 6) is -5.64. The molecule has 0 amide bonds. The fourth-order valence-corrected chi connectivity index (χ4v) is 1.55. The van der Waals surface area contributed by atoms with Gasteiger partial charge in [0.05, 0.1) is 13.1 Å². The zero-order valence-electron chi connectivity index (χ0n) is 11.5. The highest BCUT2D eigenvalue weighted by Crippen LogP contribution is 2.00. The third kappa shape index (κ3) is 6.94. The maximum Gasteiger partial charge on any atom is 0.335 e. The van der Waals surface area contributed by atoms with Crippen molar-refractivity contribution < 1.29 is 39.6 Å². The Bertz CT molecular complexity index is 403. The van der Waals surface area contributed by atoms with Crippen LogP contribution in [0.25, 0.3) is 0 Å². The molecule has 0 aliphatic heterocycles. The van der Waals surface area contributed by atoms with Crippen molar-refractivity contribution in [2.24, 2.45) is 11.5 Å². The lowest BCUT2D eigenvalue weighted by atomic mass is 10.3. The van der Waals surface area contributed by atoms with Crippen LogP contribution < -0.4 is 11.5 Å². The average molecular weight is 322 g/mol. The zero-order valence-corrected chi connectivity index (χ0v) is 11.5. The van der Waals surface area contributed by atoms with E-state index in [0.717, 1.165) is 9.80 Å². The van der Waals surface area contributed by atoms with Gasteiger partial charge in [0, 0.05) is 13.1 Å². The molecular weight excluding hydrogens is 304 g/mol. The highest BCUT2D eigenvalue weighted by Gasteiger charge is 2.27. The second kappa shape index (κ2) is 8.89. The van der Waals surface area contributed by atoms with Crippen LogP contribution in [-0.4, -0.2) is 92.6 Å². The maximum atomic E-state index is 10.8. The van der Waals surface area contributed by atoms with E-state index in [1.165, 1.54) is 0 Å². The van der Waals surface area contributed by atoms with Crippen LogP contribution in [0.15, 0.2) is 0 Å². The summed E-state index contributed by atoms with van der Waals surface area (Å²) in [6.07, 6.45) is -3.27. The van der Waals surface area contributed by atoms with Crippen molar-refractivity contribution in [1.29, 1.82) is 0 Å². The van der Waals surface area contributed by atoms with E-state index in [0.29, 0.717) is 0 Å². The smallest absolute Gasteiger partial charge is 0.335 e. The van der Waals surface area contributed by atoms with Crippen molar-refractivity contribution in [3.63, 3.8) is 0 Å². The van der Waals surface area contributed by atoms with Gasteiger partial charge in [-0.2, -0.15) is 0 Å². The molecule has 2 unspecified atom stereocenters. The molecule has 8 N–H and O–H groups in total. The largest absolute Gasteiger partial charge is 0.480 e. The molecule has 0 aliphatic rings. The molecule has 0 bridgehead atoms. The highest BCUT2D eigenvalue weighted by molar-refractivity contribution is 5.75. The number of nitrogens with zero attached hydrogens (tertiary/aromatic N) is 2. The molecule has 0 saturated heterocycles. The topological polar surface area (TPSA) is 208 Å². The molecule has 0 spiro atoms. The van der Waals surface area contributed by atoms with Crippen LogP contribution in [0.5, 0.6) is 0 Å². The molecule has 22 heavy (non-hydrogen) atoms. The van der Waals surface area contributed by atoms with E-state index in [2.05, 4.69) is 0 Å². The number of carbonyl (C=O) groups is 4. The van der Waals surface area contributed by atoms with Crippen LogP contribution in [0.4, 0.5) is 0 Å². The predicted molar refractivity (Wildman–Crippen MR) is 69.6 cm³/mol. The average Bonchev–Trinajstić information content (AvgIpc) is 2.38.